The van der Waals surface area contributed by atoms with Crippen LogP contribution in [0.2, 0.25) is 0 Å². The van der Waals surface area contributed by atoms with Crippen LogP contribution in [-0.2, 0) is 17.7 Å². The molecule has 0 atom stereocenters. The molecule has 0 bridgehead atoms. The van der Waals surface area contributed by atoms with E-state index >= 15 is 0 Å². The minimum absolute atomic E-state index is 0.00165. The number of ether oxygens (including phenoxy) is 1. The number of morpholine rings is 1. The third-order valence-corrected chi connectivity index (χ3v) is 6.85. The van der Waals surface area contributed by atoms with Crippen LogP contribution in [0.3, 0.4) is 0 Å². The highest BCUT2D eigenvalue weighted by atomic mass is 16.5. The molecule has 13 heteroatoms. The van der Waals surface area contributed by atoms with Gasteiger partial charge in [-0.25, -0.2) is 9.97 Å². The molecule has 2 fully saturated rings. The molecule has 1 N–H and O–H groups in total. The van der Waals surface area contributed by atoms with Crippen LogP contribution in [0.25, 0.3) is 5.78 Å². The molecule has 0 spiro atoms. The van der Waals surface area contributed by atoms with Crippen molar-refractivity contribution in [2.24, 2.45) is 0 Å². The predicted molar refractivity (Wildman–Crippen MR) is 132 cm³/mol. The summed E-state index contributed by atoms with van der Waals surface area (Å²) in [5.74, 6) is 0.526. The highest BCUT2D eigenvalue weighted by Crippen LogP contribution is 2.24. The fourth-order valence-corrected chi connectivity index (χ4v) is 4.89. The minimum atomic E-state index is -0.346. The molecule has 2 aliphatic rings. The van der Waals surface area contributed by atoms with Crippen molar-refractivity contribution in [2.75, 3.05) is 62.3 Å². The number of nitrogens with zero attached hydrogens (tertiary/aromatic N) is 9. The van der Waals surface area contributed by atoms with Gasteiger partial charge in [0.25, 0.3) is 11.5 Å². The van der Waals surface area contributed by atoms with Gasteiger partial charge in [0.1, 0.15) is 12.0 Å². The average molecular weight is 498 g/mol. The second-order valence-corrected chi connectivity index (χ2v) is 8.86. The summed E-state index contributed by atoms with van der Waals surface area (Å²) in [6, 6.07) is 0. The van der Waals surface area contributed by atoms with Gasteiger partial charge in [0.15, 0.2) is 11.4 Å². The van der Waals surface area contributed by atoms with Crippen LogP contribution in [0.4, 0.5) is 11.6 Å². The number of fused-ring (bicyclic) bond motifs is 1. The number of hydrogen-bond donors (Lipinski definition) is 1. The normalized spacial score (nSPS) is 16.7. The Morgan fingerprint density at radius 3 is 2.44 bits per heavy atom. The van der Waals surface area contributed by atoms with Gasteiger partial charge in [-0.05, 0) is 20.3 Å². The zero-order valence-corrected chi connectivity index (χ0v) is 20.8. The van der Waals surface area contributed by atoms with Crippen molar-refractivity contribution in [2.45, 2.75) is 33.7 Å². The lowest BCUT2D eigenvalue weighted by atomic mass is 10.2. The highest BCUT2D eigenvalue weighted by Gasteiger charge is 2.30. The molecule has 5 rings (SSSR count). The molecular formula is C23H31N9O4. The van der Waals surface area contributed by atoms with Gasteiger partial charge in [0, 0.05) is 51.5 Å². The second kappa shape index (κ2) is 9.72. The lowest BCUT2D eigenvalue weighted by molar-refractivity contribution is 0.0736. The van der Waals surface area contributed by atoms with E-state index < -0.39 is 0 Å². The van der Waals surface area contributed by atoms with E-state index in [9.17, 15) is 14.7 Å². The number of aryl methyl sites for hydroxylation is 2. The summed E-state index contributed by atoms with van der Waals surface area (Å²) in [7, 11) is 0. The zero-order chi connectivity index (χ0) is 25.4. The van der Waals surface area contributed by atoms with Gasteiger partial charge in [-0.2, -0.15) is 9.50 Å². The molecule has 5 heterocycles. The van der Waals surface area contributed by atoms with Crippen molar-refractivity contribution in [3.8, 4) is 5.75 Å². The van der Waals surface area contributed by atoms with Crippen LogP contribution in [-0.4, -0.2) is 97.5 Å². The van der Waals surface area contributed by atoms with Crippen molar-refractivity contribution in [1.29, 1.82) is 0 Å². The third kappa shape index (κ3) is 4.02. The second-order valence-electron chi connectivity index (χ2n) is 8.86. The zero-order valence-electron chi connectivity index (χ0n) is 20.8. The van der Waals surface area contributed by atoms with Crippen LogP contribution in [0.5, 0.6) is 5.75 Å². The average Bonchev–Trinajstić information content (AvgIpc) is 3.36. The molecule has 3 aromatic rings. The van der Waals surface area contributed by atoms with E-state index in [2.05, 4.69) is 15.1 Å². The molecule has 0 unspecified atom stereocenters. The summed E-state index contributed by atoms with van der Waals surface area (Å²) in [6.45, 7) is 10.6. The minimum Gasteiger partial charge on any atom is -0.504 e. The number of aromatic hydroxyl groups is 1. The summed E-state index contributed by atoms with van der Waals surface area (Å²) < 4.78 is 8.89. The van der Waals surface area contributed by atoms with Gasteiger partial charge in [-0.1, -0.05) is 6.92 Å². The van der Waals surface area contributed by atoms with Crippen molar-refractivity contribution in [1.82, 2.24) is 34.0 Å². The number of carbonyl (C=O) groups excluding carboxylic acids is 1. The monoisotopic (exact) mass is 497 g/mol. The largest absolute Gasteiger partial charge is 0.504 e. The summed E-state index contributed by atoms with van der Waals surface area (Å²) in [4.78, 5) is 45.0. The molecule has 0 aromatic carbocycles. The topological polar surface area (TPSA) is 134 Å². The third-order valence-electron chi connectivity index (χ3n) is 6.85. The summed E-state index contributed by atoms with van der Waals surface area (Å²) in [5, 5.41) is 14.8. The lowest BCUT2D eigenvalue weighted by Gasteiger charge is -2.36. The van der Waals surface area contributed by atoms with Gasteiger partial charge in [0.05, 0.1) is 18.9 Å². The molecule has 0 saturated carbocycles. The molecule has 13 nitrogen and oxygen atoms in total. The van der Waals surface area contributed by atoms with Gasteiger partial charge in [0.2, 0.25) is 11.7 Å². The molecular weight excluding hydrogens is 466 g/mol. The van der Waals surface area contributed by atoms with Crippen LogP contribution in [0, 0.1) is 6.92 Å². The first kappa shape index (κ1) is 24.0. The van der Waals surface area contributed by atoms with E-state index in [1.165, 1.54) is 10.8 Å². The molecule has 3 aromatic heterocycles. The first-order chi connectivity index (χ1) is 17.4. The number of anilines is 2. The standard InChI is InChI=1S/C23H31N9O4/c1-4-16-18(28-6-8-29(9-7-28)20(34)17-19(33)15(3)24-14-25-17)21(35)32-23(31(16)5-2)26-22(27-32)30-10-12-36-13-11-30/h14,33H,4-13H2,1-3H3. The number of carbonyl (C=O) groups is 1. The number of piperazine rings is 1. The Bertz CT molecular complexity index is 1340. The Hall–Kier alpha value is -3.74. The maximum atomic E-state index is 13.7. The Kier molecular flexibility index (Phi) is 6.48. The van der Waals surface area contributed by atoms with Crippen LogP contribution in [0.15, 0.2) is 11.1 Å². The maximum Gasteiger partial charge on any atom is 0.299 e. The highest BCUT2D eigenvalue weighted by molar-refractivity contribution is 5.95. The summed E-state index contributed by atoms with van der Waals surface area (Å²) in [5.41, 5.74) is 1.65. The van der Waals surface area contributed by atoms with Gasteiger partial charge >= 0.3 is 0 Å². The SMILES string of the molecule is CCc1c(N2CCN(C(=O)c3ncnc(C)c3O)CC2)c(=O)n2nc(N3CCOCC3)nc2n1CC. The Labute approximate surface area is 207 Å². The summed E-state index contributed by atoms with van der Waals surface area (Å²) in [6.07, 6.45) is 1.93. The van der Waals surface area contributed by atoms with E-state index in [0.717, 1.165) is 5.69 Å². The van der Waals surface area contributed by atoms with E-state index in [4.69, 9.17) is 9.72 Å². The fourth-order valence-electron chi connectivity index (χ4n) is 4.89. The quantitative estimate of drug-likeness (QED) is 0.516. The number of hydrogen-bond acceptors (Lipinski definition) is 10. The van der Waals surface area contributed by atoms with Crippen LogP contribution >= 0.6 is 0 Å². The van der Waals surface area contributed by atoms with Crippen LogP contribution in [0.1, 0.15) is 35.7 Å². The molecule has 2 aliphatic heterocycles. The Morgan fingerprint density at radius 2 is 1.78 bits per heavy atom. The smallest absolute Gasteiger partial charge is 0.299 e. The molecule has 36 heavy (non-hydrogen) atoms. The first-order valence-corrected chi connectivity index (χ1v) is 12.3. The predicted octanol–water partition coefficient (Wildman–Crippen LogP) is 0.0763. The maximum absolute atomic E-state index is 13.7. The van der Waals surface area contributed by atoms with E-state index in [0.29, 0.717) is 88.6 Å². The number of rotatable bonds is 5. The molecule has 192 valence electrons. The van der Waals surface area contributed by atoms with E-state index in [1.807, 2.05) is 28.2 Å². The van der Waals surface area contributed by atoms with E-state index in [1.54, 1.807) is 11.8 Å². The molecule has 0 radical (unpaired) electrons. The fraction of sp³-hybridized carbons (Fsp3) is 0.565. The van der Waals surface area contributed by atoms with E-state index in [-0.39, 0.29) is 22.9 Å². The molecule has 0 aliphatic carbocycles. The van der Waals surface area contributed by atoms with Crippen molar-refractivity contribution in [3.63, 3.8) is 0 Å². The van der Waals surface area contributed by atoms with Crippen molar-refractivity contribution < 1.29 is 14.6 Å². The number of amides is 1. The van der Waals surface area contributed by atoms with Gasteiger partial charge in [-0.3, -0.25) is 9.59 Å². The number of aromatic nitrogens is 6. The molecule has 1 amide bonds. The van der Waals surface area contributed by atoms with Crippen molar-refractivity contribution in [3.05, 3.63) is 33.8 Å². The van der Waals surface area contributed by atoms with Gasteiger partial charge < -0.3 is 29.1 Å². The van der Waals surface area contributed by atoms with Gasteiger partial charge in [-0.15, -0.1) is 5.10 Å². The Balaban J connectivity index is 1.45. The molecule has 2 saturated heterocycles. The van der Waals surface area contributed by atoms with Crippen molar-refractivity contribution >= 4 is 23.3 Å². The lowest BCUT2D eigenvalue weighted by Crippen LogP contribution is -2.51. The Morgan fingerprint density at radius 1 is 1.06 bits per heavy atom. The first-order valence-electron chi connectivity index (χ1n) is 12.3. The summed E-state index contributed by atoms with van der Waals surface area (Å²) >= 11 is 0. The van der Waals surface area contributed by atoms with Crippen LogP contribution < -0.4 is 15.4 Å².